The summed E-state index contributed by atoms with van der Waals surface area (Å²) in [6.45, 7) is 0.413. The number of aromatic nitrogens is 1. The molecule has 0 spiro atoms. The number of fused-ring (bicyclic) bond motifs is 1. The smallest absolute Gasteiger partial charge is 0.408 e. The highest BCUT2D eigenvalue weighted by Gasteiger charge is 2.32. The van der Waals surface area contributed by atoms with Gasteiger partial charge in [-0.15, -0.1) is 0 Å². The first kappa shape index (κ1) is 12.6. The molecule has 1 unspecified atom stereocenters. The van der Waals surface area contributed by atoms with Crippen molar-refractivity contribution in [3.63, 3.8) is 0 Å². The molecule has 5 heteroatoms. The van der Waals surface area contributed by atoms with Gasteiger partial charge >= 0.3 is 6.09 Å². The van der Waals surface area contributed by atoms with Gasteiger partial charge < -0.3 is 5.11 Å². The molecular formula is C15H13FN2O2. The molecule has 1 atom stereocenters. The molecule has 0 aliphatic carbocycles. The number of carboxylic acid groups (broad SMARTS) is 1. The van der Waals surface area contributed by atoms with Gasteiger partial charge in [0.1, 0.15) is 11.9 Å². The van der Waals surface area contributed by atoms with Crippen molar-refractivity contribution < 1.29 is 14.3 Å². The lowest BCUT2D eigenvalue weighted by Crippen LogP contribution is -2.40. The Hall–Kier alpha value is -2.43. The second kappa shape index (κ2) is 4.92. The molecule has 0 saturated heterocycles. The summed E-state index contributed by atoms with van der Waals surface area (Å²) in [5, 5.41) is 9.37. The van der Waals surface area contributed by atoms with E-state index in [0.717, 1.165) is 16.8 Å². The Morgan fingerprint density at radius 3 is 2.75 bits per heavy atom. The summed E-state index contributed by atoms with van der Waals surface area (Å²) in [6, 6.07) is 9.23. The summed E-state index contributed by atoms with van der Waals surface area (Å²) in [7, 11) is 0. The zero-order chi connectivity index (χ0) is 14.1. The maximum Gasteiger partial charge on any atom is 0.408 e. The van der Waals surface area contributed by atoms with E-state index in [-0.39, 0.29) is 5.82 Å². The van der Waals surface area contributed by atoms with E-state index in [1.807, 2.05) is 12.1 Å². The predicted molar refractivity (Wildman–Crippen MR) is 70.9 cm³/mol. The molecule has 1 aliphatic heterocycles. The summed E-state index contributed by atoms with van der Waals surface area (Å²) in [5.74, 6) is -0.340. The standard InChI is InChI=1S/C15H13FN2O2/c16-12-5-3-11(4-6-12)14-13-10(2-1-8-17-13)7-9-18(14)15(19)20/h1-6,8,14H,7,9H2,(H,19,20). The van der Waals surface area contributed by atoms with Crippen molar-refractivity contribution in [3.8, 4) is 0 Å². The number of benzene rings is 1. The SMILES string of the molecule is O=C(O)N1CCc2cccnc2C1c1ccc(F)cc1. The molecule has 102 valence electrons. The molecule has 0 saturated carbocycles. The van der Waals surface area contributed by atoms with E-state index >= 15 is 0 Å². The number of rotatable bonds is 1. The normalized spacial score (nSPS) is 17.6. The Kier molecular flexibility index (Phi) is 3.10. The summed E-state index contributed by atoms with van der Waals surface area (Å²) in [4.78, 5) is 17.1. The number of amides is 1. The monoisotopic (exact) mass is 272 g/mol. The minimum absolute atomic E-state index is 0.340. The molecule has 1 amide bonds. The third-order valence-corrected chi connectivity index (χ3v) is 3.55. The van der Waals surface area contributed by atoms with Crippen molar-refractivity contribution >= 4 is 6.09 Å². The molecule has 1 aromatic heterocycles. The van der Waals surface area contributed by atoms with Crippen molar-refractivity contribution in [2.24, 2.45) is 0 Å². The van der Waals surface area contributed by atoms with Crippen molar-refractivity contribution in [1.82, 2.24) is 9.88 Å². The fraction of sp³-hybridized carbons (Fsp3) is 0.200. The number of hydrogen-bond acceptors (Lipinski definition) is 2. The van der Waals surface area contributed by atoms with Crippen molar-refractivity contribution in [2.75, 3.05) is 6.54 Å². The van der Waals surface area contributed by atoms with Crippen LogP contribution in [0, 0.1) is 5.82 Å². The van der Waals surface area contributed by atoms with Gasteiger partial charge in [-0.2, -0.15) is 0 Å². The number of carbonyl (C=O) groups is 1. The highest BCUT2D eigenvalue weighted by atomic mass is 19.1. The van der Waals surface area contributed by atoms with E-state index in [1.54, 1.807) is 18.3 Å². The topological polar surface area (TPSA) is 53.4 Å². The lowest BCUT2D eigenvalue weighted by molar-refractivity contribution is 0.128. The van der Waals surface area contributed by atoms with Crippen LogP contribution in [0.3, 0.4) is 0 Å². The van der Waals surface area contributed by atoms with Gasteiger partial charge in [0, 0.05) is 12.7 Å². The van der Waals surface area contributed by atoms with Crippen LogP contribution in [0.25, 0.3) is 0 Å². The van der Waals surface area contributed by atoms with Crippen molar-refractivity contribution in [1.29, 1.82) is 0 Å². The molecule has 0 radical (unpaired) electrons. The molecule has 1 N–H and O–H groups in total. The number of nitrogens with zero attached hydrogens (tertiary/aromatic N) is 2. The first-order valence-corrected chi connectivity index (χ1v) is 6.35. The van der Waals surface area contributed by atoms with Crippen molar-refractivity contribution in [2.45, 2.75) is 12.5 Å². The van der Waals surface area contributed by atoms with Gasteiger partial charge in [0.2, 0.25) is 0 Å². The quantitative estimate of drug-likeness (QED) is 0.868. The van der Waals surface area contributed by atoms with E-state index < -0.39 is 12.1 Å². The molecular weight excluding hydrogens is 259 g/mol. The summed E-state index contributed by atoms with van der Waals surface area (Å²) in [5.41, 5.74) is 2.50. The lowest BCUT2D eigenvalue weighted by atomic mass is 9.93. The van der Waals surface area contributed by atoms with Crippen LogP contribution in [0.5, 0.6) is 0 Å². The van der Waals surface area contributed by atoms with Crippen LogP contribution >= 0.6 is 0 Å². The van der Waals surface area contributed by atoms with Crippen LogP contribution < -0.4 is 0 Å². The average Bonchev–Trinajstić information content (AvgIpc) is 2.47. The second-order valence-electron chi connectivity index (χ2n) is 4.73. The van der Waals surface area contributed by atoms with E-state index in [9.17, 15) is 14.3 Å². The molecule has 2 heterocycles. The minimum atomic E-state index is -0.990. The summed E-state index contributed by atoms with van der Waals surface area (Å²) in [6.07, 6.45) is 1.31. The molecule has 0 fully saturated rings. The van der Waals surface area contributed by atoms with E-state index in [2.05, 4.69) is 4.98 Å². The van der Waals surface area contributed by atoms with Crippen LogP contribution in [-0.2, 0) is 6.42 Å². The van der Waals surface area contributed by atoms with E-state index in [0.29, 0.717) is 13.0 Å². The Morgan fingerprint density at radius 1 is 1.30 bits per heavy atom. The highest BCUT2D eigenvalue weighted by Crippen LogP contribution is 2.33. The van der Waals surface area contributed by atoms with Gasteiger partial charge in [-0.25, -0.2) is 9.18 Å². The van der Waals surface area contributed by atoms with Crippen LogP contribution in [0.15, 0.2) is 42.6 Å². The highest BCUT2D eigenvalue weighted by molar-refractivity contribution is 5.67. The van der Waals surface area contributed by atoms with Gasteiger partial charge in [0.15, 0.2) is 0 Å². The van der Waals surface area contributed by atoms with Gasteiger partial charge in [-0.3, -0.25) is 9.88 Å². The maximum atomic E-state index is 13.1. The van der Waals surface area contributed by atoms with Crippen LogP contribution in [0.4, 0.5) is 9.18 Å². The fourth-order valence-electron chi connectivity index (χ4n) is 2.62. The molecule has 3 rings (SSSR count). The van der Waals surface area contributed by atoms with Gasteiger partial charge in [-0.05, 0) is 35.7 Å². The third kappa shape index (κ3) is 2.11. The third-order valence-electron chi connectivity index (χ3n) is 3.55. The molecule has 4 nitrogen and oxygen atoms in total. The fourth-order valence-corrected chi connectivity index (χ4v) is 2.62. The lowest BCUT2D eigenvalue weighted by Gasteiger charge is -2.34. The van der Waals surface area contributed by atoms with Gasteiger partial charge in [0.05, 0.1) is 5.69 Å². The van der Waals surface area contributed by atoms with Crippen LogP contribution in [-0.4, -0.2) is 27.6 Å². The van der Waals surface area contributed by atoms with Crippen molar-refractivity contribution in [3.05, 3.63) is 65.2 Å². The van der Waals surface area contributed by atoms with Crippen LogP contribution in [0.2, 0.25) is 0 Å². The largest absolute Gasteiger partial charge is 0.465 e. The molecule has 1 aliphatic rings. The first-order valence-electron chi connectivity index (χ1n) is 6.35. The zero-order valence-corrected chi connectivity index (χ0v) is 10.7. The first-order chi connectivity index (χ1) is 9.66. The molecule has 2 aromatic rings. The molecule has 0 bridgehead atoms. The maximum absolute atomic E-state index is 13.1. The Bertz CT molecular complexity index is 643. The Balaban J connectivity index is 2.11. The number of pyridine rings is 1. The molecule has 20 heavy (non-hydrogen) atoms. The number of hydrogen-bond donors (Lipinski definition) is 1. The predicted octanol–water partition coefficient (Wildman–Crippen LogP) is 2.85. The average molecular weight is 272 g/mol. The number of halogens is 1. The summed E-state index contributed by atoms with van der Waals surface area (Å²) >= 11 is 0. The van der Waals surface area contributed by atoms with Gasteiger partial charge in [0.25, 0.3) is 0 Å². The van der Waals surface area contributed by atoms with E-state index in [1.165, 1.54) is 17.0 Å². The Morgan fingerprint density at radius 2 is 2.05 bits per heavy atom. The minimum Gasteiger partial charge on any atom is -0.465 e. The van der Waals surface area contributed by atoms with Gasteiger partial charge in [-0.1, -0.05) is 18.2 Å². The second-order valence-corrected chi connectivity index (χ2v) is 4.73. The molecule has 1 aromatic carbocycles. The zero-order valence-electron chi connectivity index (χ0n) is 10.7. The van der Waals surface area contributed by atoms with Crippen LogP contribution in [0.1, 0.15) is 22.9 Å². The summed E-state index contributed by atoms with van der Waals surface area (Å²) < 4.78 is 13.1. The van der Waals surface area contributed by atoms with E-state index in [4.69, 9.17) is 0 Å². The Labute approximate surface area is 115 Å².